The standard InChI is InChI=1S/C91H112F3N15O13S/c1-56-68(15-13-16-70(56)100-82(112)59-23-27-64(28-24-59)88(3,4)5)74-53-105(12)87(117)81(99-74)97-65-29-25-60(26-30-65)85(115)107-35-33-106(34-36-107)38-40-120-41-42-121-54-78(111)102-80(89(6,7)8)86(116)108-52-67(110)47-75(108)84(114)95-49-62-22-21-61(79-57(2)96-55-123-79)46-76(62)122-44-43-119-39-37-104(11)50-58-19-31-66(32-20-58)109-51-63-45-73(69(90(9,10)118)48-72(63)103-109)101-83(113)71-17-14-18-77(98-71)91(92,93)94/h13-18,21-30,45-46,48,51,53,55,58,66-67,75,80,110,118H,19-20,31-44,47,49-50,52,54H2,1-12H3,(H,95,114)(H,97,99)(H,100,112)(H,101,113)(H,102,111)/t58-,66-,67-,75+,80-/m1/s1. The number of hydrogen-bond donors (Lipinski definition) is 7. The van der Waals surface area contributed by atoms with Gasteiger partial charge in [-0.2, -0.15) is 18.3 Å². The fraction of sp³-hybridized carbons (Fsp3) is 0.462. The zero-order chi connectivity index (χ0) is 88.2. The molecule has 6 amide bonds. The maximum Gasteiger partial charge on any atom is 0.433 e. The summed E-state index contributed by atoms with van der Waals surface area (Å²) in [6.07, 6.45) is 1.50. The van der Waals surface area contributed by atoms with E-state index in [1.54, 1.807) is 73.9 Å². The highest BCUT2D eigenvalue weighted by molar-refractivity contribution is 7.13. The van der Waals surface area contributed by atoms with Gasteiger partial charge in [0.15, 0.2) is 5.82 Å². The van der Waals surface area contributed by atoms with Crippen LogP contribution >= 0.6 is 11.3 Å². The Hall–Kier alpha value is -10.8. The van der Waals surface area contributed by atoms with Gasteiger partial charge in [0.05, 0.1) is 78.1 Å². The second kappa shape index (κ2) is 39.8. The van der Waals surface area contributed by atoms with Crippen LogP contribution in [0.4, 0.5) is 36.1 Å². The number of likely N-dealkylation sites (N-methyl/N-ethyl adjacent to an activating group) is 1. The molecule has 5 aromatic carbocycles. The average molecular weight is 1710 g/mol. The lowest BCUT2D eigenvalue weighted by Gasteiger charge is -2.35. The van der Waals surface area contributed by atoms with Crippen LogP contribution in [0.2, 0.25) is 0 Å². The number of aliphatic hydroxyl groups excluding tert-OH is 1. The summed E-state index contributed by atoms with van der Waals surface area (Å²) in [7, 11) is 3.72. The normalized spacial score (nSPS) is 17.0. The molecule has 3 fully saturated rings. The number of carbonyl (C=O) groups is 6. The summed E-state index contributed by atoms with van der Waals surface area (Å²) in [6, 6.07) is 30.3. The number of nitrogens with zero attached hydrogens (tertiary/aromatic N) is 10. The Morgan fingerprint density at radius 2 is 1.43 bits per heavy atom. The van der Waals surface area contributed by atoms with Crippen LogP contribution in [0.1, 0.15) is 158 Å². The molecule has 3 atom stereocenters. The van der Waals surface area contributed by atoms with Crippen molar-refractivity contribution in [1.82, 2.24) is 59.5 Å². The first-order chi connectivity index (χ1) is 58.4. The molecule has 0 unspecified atom stereocenters. The molecule has 7 N–H and O–H groups in total. The van der Waals surface area contributed by atoms with Crippen molar-refractivity contribution in [2.75, 3.05) is 122 Å². The molecule has 0 spiro atoms. The number of aryl methyl sites for hydroxylation is 2. The van der Waals surface area contributed by atoms with E-state index < -0.39 is 70.4 Å². The predicted molar refractivity (Wildman–Crippen MR) is 465 cm³/mol. The van der Waals surface area contributed by atoms with E-state index in [1.165, 1.54) is 26.9 Å². The Kier molecular flexibility index (Phi) is 29.5. The van der Waals surface area contributed by atoms with Crippen molar-refractivity contribution in [3.63, 3.8) is 0 Å². The van der Waals surface area contributed by atoms with Crippen LogP contribution in [-0.2, 0) is 59.4 Å². The van der Waals surface area contributed by atoms with Crippen molar-refractivity contribution in [2.24, 2.45) is 18.4 Å². The van der Waals surface area contributed by atoms with Gasteiger partial charge >= 0.3 is 6.18 Å². The van der Waals surface area contributed by atoms with Crippen LogP contribution in [0.15, 0.2) is 138 Å². The summed E-state index contributed by atoms with van der Waals surface area (Å²) in [5.41, 5.74) is 6.53. The maximum absolute atomic E-state index is 14.5. The molecular weight excluding hydrogens is 1600 g/mol. The van der Waals surface area contributed by atoms with Gasteiger partial charge in [0.25, 0.3) is 23.3 Å². The van der Waals surface area contributed by atoms with E-state index >= 15 is 0 Å². The van der Waals surface area contributed by atoms with Crippen LogP contribution in [0, 0.1) is 25.2 Å². The highest BCUT2D eigenvalue weighted by atomic mass is 32.1. The van der Waals surface area contributed by atoms with Gasteiger partial charge in [0, 0.05) is 135 Å². The molecule has 123 heavy (non-hydrogen) atoms. The lowest BCUT2D eigenvalue weighted by Crippen LogP contribution is -2.58. The van der Waals surface area contributed by atoms with E-state index in [1.807, 2.05) is 106 Å². The van der Waals surface area contributed by atoms with Crippen molar-refractivity contribution >= 4 is 80.6 Å². The van der Waals surface area contributed by atoms with Crippen molar-refractivity contribution in [3.05, 3.63) is 194 Å². The van der Waals surface area contributed by atoms with E-state index in [-0.39, 0.29) is 92.9 Å². The number of pyridine rings is 1. The fourth-order valence-electron chi connectivity index (χ4n) is 15.6. The smallest absolute Gasteiger partial charge is 0.433 e. The number of alkyl halides is 3. The third kappa shape index (κ3) is 23.7. The average Bonchev–Trinajstić information content (AvgIpc) is 1.67. The zero-order valence-corrected chi connectivity index (χ0v) is 72.7. The molecule has 656 valence electrons. The van der Waals surface area contributed by atoms with E-state index in [2.05, 4.69) is 74.2 Å². The van der Waals surface area contributed by atoms with Gasteiger partial charge in [-0.05, 0) is 167 Å². The Morgan fingerprint density at radius 1 is 0.740 bits per heavy atom. The summed E-state index contributed by atoms with van der Waals surface area (Å²) >= 11 is 1.50. The maximum atomic E-state index is 14.5. The first-order valence-electron chi connectivity index (χ1n) is 41.7. The number of halogens is 3. The number of amides is 6. The minimum Gasteiger partial charge on any atom is -0.491 e. The number of hydrogen-bond acceptors (Lipinski definition) is 21. The van der Waals surface area contributed by atoms with Crippen molar-refractivity contribution < 1.29 is 71.1 Å². The van der Waals surface area contributed by atoms with Crippen LogP contribution in [0.25, 0.3) is 32.6 Å². The monoisotopic (exact) mass is 1710 g/mol. The predicted octanol–water partition coefficient (Wildman–Crippen LogP) is 12.1. The number of fused-ring (bicyclic) bond motifs is 1. The molecule has 0 radical (unpaired) electrons. The molecule has 12 rings (SSSR count). The van der Waals surface area contributed by atoms with Crippen LogP contribution < -0.4 is 36.9 Å². The number of ether oxygens (including phenoxy) is 4. The molecule has 3 aliphatic rings. The van der Waals surface area contributed by atoms with E-state index in [9.17, 15) is 56.9 Å². The van der Waals surface area contributed by atoms with Gasteiger partial charge < -0.3 is 75.0 Å². The van der Waals surface area contributed by atoms with E-state index in [0.29, 0.717) is 114 Å². The summed E-state index contributed by atoms with van der Waals surface area (Å²) in [5.74, 6) is -1.69. The highest BCUT2D eigenvalue weighted by Gasteiger charge is 2.45. The van der Waals surface area contributed by atoms with Gasteiger partial charge in [-0.1, -0.05) is 84.0 Å². The Labute approximate surface area is 718 Å². The number of carbonyl (C=O) groups excluding carboxylic acids is 6. The first kappa shape index (κ1) is 91.4. The van der Waals surface area contributed by atoms with Crippen LogP contribution in [0.3, 0.4) is 0 Å². The summed E-state index contributed by atoms with van der Waals surface area (Å²) in [4.78, 5) is 117. The third-order valence-electron chi connectivity index (χ3n) is 22.7. The molecule has 9 aromatic rings. The molecule has 1 saturated carbocycles. The Bertz CT molecular complexity index is 5290. The minimum absolute atomic E-state index is 0.00997. The molecule has 4 aromatic heterocycles. The molecule has 2 aliphatic heterocycles. The SMILES string of the molecule is Cc1ncsc1-c1ccc(CNC(=O)[C@@H]2C[C@@H](O)CN2C(=O)[C@@H](NC(=O)COCCOCCN2CCN(C(=O)c3ccc(Nc4nc(-c5cccc(NC(=O)c6ccc(C(C)(C)C)cc6)c5C)cn(C)c4=O)cc3)CC2)C(C)(C)C)c(OCCOCCN(C)C[C@H]2CC[C@H](n3cc4cc(NC(=O)c5cccc(C(F)(F)F)n5)c(C(C)(C)O)cc4n3)CC2)c1. The number of rotatable bonds is 33. The number of anilines is 4. The Morgan fingerprint density at radius 3 is 2.12 bits per heavy atom. The zero-order valence-electron chi connectivity index (χ0n) is 71.8. The fourth-order valence-corrected chi connectivity index (χ4v) is 16.4. The van der Waals surface area contributed by atoms with Crippen molar-refractivity contribution in [3.8, 4) is 27.4 Å². The van der Waals surface area contributed by atoms with Crippen molar-refractivity contribution in [1.29, 1.82) is 0 Å². The topological polar surface area (TPSA) is 331 Å². The molecular formula is C91H112F3N15O13S. The molecule has 32 heteroatoms. The van der Waals surface area contributed by atoms with Gasteiger partial charge in [-0.3, -0.25) is 43.1 Å². The number of aliphatic hydroxyl groups is 2. The Balaban J connectivity index is 0.542. The third-order valence-corrected chi connectivity index (χ3v) is 23.6. The van der Waals surface area contributed by atoms with Crippen LogP contribution in [-0.4, -0.2) is 218 Å². The van der Waals surface area contributed by atoms with E-state index in [4.69, 9.17) is 29.0 Å². The first-order valence-corrected chi connectivity index (χ1v) is 42.5. The second-order valence-corrected chi connectivity index (χ2v) is 35.5. The number of thiazole rings is 1. The summed E-state index contributed by atoms with van der Waals surface area (Å²) in [6.45, 7) is 24.4. The lowest BCUT2D eigenvalue weighted by molar-refractivity contribution is -0.144. The molecule has 2 saturated heterocycles. The van der Waals surface area contributed by atoms with E-state index in [0.717, 1.165) is 77.2 Å². The number of aromatic nitrogens is 6. The number of piperazine rings is 1. The lowest BCUT2D eigenvalue weighted by atomic mass is 9.85. The second-order valence-electron chi connectivity index (χ2n) is 34.6. The number of nitrogens with one attached hydrogen (secondary N) is 5. The number of β-amino-alcohol motifs (C(OH)–C–C–N with tert-alkyl or cyclic N) is 1. The summed E-state index contributed by atoms with van der Waals surface area (Å²) in [5, 5.41) is 42.4. The number of likely N-dealkylation sites (tertiary alicyclic amines) is 1. The quantitative estimate of drug-likeness (QED) is 0.0188. The van der Waals surface area contributed by atoms with Gasteiger partial charge in [-0.15, -0.1) is 11.3 Å². The molecule has 6 heterocycles. The van der Waals surface area contributed by atoms with Gasteiger partial charge in [0.1, 0.15) is 42.4 Å². The molecule has 0 bridgehead atoms. The number of benzene rings is 5. The molecule has 28 nitrogen and oxygen atoms in total. The molecule has 1 aliphatic carbocycles. The summed E-state index contributed by atoms with van der Waals surface area (Å²) < 4.78 is 67.7. The van der Waals surface area contributed by atoms with Crippen LogP contribution in [0.5, 0.6) is 5.75 Å². The highest BCUT2D eigenvalue weighted by Crippen LogP contribution is 2.39. The largest absolute Gasteiger partial charge is 0.491 e. The van der Waals surface area contributed by atoms with Gasteiger partial charge in [0.2, 0.25) is 17.7 Å². The minimum atomic E-state index is -4.73. The van der Waals surface area contributed by atoms with Gasteiger partial charge in [-0.25, -0.2) is 15.0 Å². The van der Waals surface area contributed by atoms with Crippen molar-refractivity contribution in [2.45, 2.75) is 149 Å².